The van der Waals surface area contributed by atoms with Crippen LogP contribution in [-0.4, -0.2) is 72.5 Å². The van der Waals surface area contributed by atoms with Crippen molar-refractivity contribution in [1.29, 1.82) is 0 Å². The third-order valence-corrected chi connectivity index (χ3v) is 9.02. The first-order valence-corrected chi connectivity index (χ1v) is 15.2. The van der Waals surface area contributed by atoms with Crippen molar-refractivity contribution in [2.75, 3.05) is 37.0 Å². The Morgan fingerprint density at radius 2 is 1.83 bits per heavy atom. The van der Waals surface area contributed by atoms with Crippen LogP contribution in [-0.2, 0) is 25.6 Å². The number of anilines is 2. The number of carbonyl (C=O) groups excluding carboxylic acids is 2. The van der Waals surface area contributed by atoms with Gasteiger partial charge in [0.15, 0.2) is 5.82 Å². The number of halogens is 3. The predicted molar refractivity (Wildman–Crippen MR) is 166 cm³/mol. The van der Waals surface area contributed by atoms with Crippen molar-refractivity contribution >= 4 is 46.5 Å². The number of nitrogens with one attached hydrogen (secondary N) is 1. The van der Waals surface area contributed by atoms with Gasteiger partial charge in [0, 0.05) is 44.4 Å². The van der Waals surface area contributed by atoms with Gasteiger partial charge in [0.2, 0.25) is 6.10 Å². The van der Waals surface area contributed by atoms with Crippen LogP contribution >= 0.6 is 11.6 Å². The van der Waals surface area contributed by atoms with E-state index in [0.717, 1.165) is 43.2 Å². The summed E-state index contributed by atoms with van der Waals surface area (Å²) < 4.78 is 35.2. The Balaban J connectivity index is 1.31. The summed E-state index contributed by atoms with van der Waals surface area (Å²) in [6.45, 7) is 1.66. The van der Waals surface area contributed by atoms with Gasteiger partial charge in [-0.15, -0.1) is 0 Å². The summed E-state index contributed by atoms with van der Waals surface area (Å²) in [5.41, 5.74) is 2.24. The van der Waals surface area contributed by atoms with Crippen LogP contribution in [0.25, 0.3) is 0 Å². The van der Waals surface area contributed by atoms with Gasteiger partial charge in [-0.25, -0.2) is 13.6 Å². The number of piperidine rings is 1. The first-order chi connectivity index (χ1) is 22.2. The molecule has 2 N–H and O–H groups in total. The summed E-state index contributed by atoms with van der Waals surface area (Å²) in [5, 5.41) is 15.7. The van der Waals surface area contributed by atoms with Gasteiger partial charge < -0.3 is 29.8 Å². The molecule has 6 rings (SSSR count). The number of rotatable bonds is 7. The van der Waals surface area contributed by atoms with E-state index in [4.69, 9.17) is 21.2 Å². The molecule has 240 valence electrons. The number of nitrogens with zero attached hydrogens (tertiary/aromatic N) is 3. The molecule has 46 heavy (non-hydrogen) atoms. The molecule has 1 saturated heterocycles. The Kier molecular flexibility index (Phi) is 8.92. The molecular formula is C33H31ClF2N4O6. The average Bonchev–Trinajstić information content (AvgIpc) is 3.56. The number of oxime groups is 1. The largest absolute Gasteiger partial charge is 0.478 e. The molecule has 0 bridgehead atoms. The minimum absolute atomic E-state index is 0.0481. The molecule has 3 aromatic rings. The molecule has 1 unspecified atom stereocenters. The maximum absolute atomic E-state index is 14.9. The van der Waals surface area contributed by atoms with E-state index < -0.39 is 41.6 Å². The summed E-state index contributed by atoms with van der Waals surface area (Å²) in [4.78, 5) is 48.4. The van der Waals surface area contributed by atoms with Crippen LogP contribution in [0.1, 0.15) is 52.4 Å². The average molecular weight is 653 g/mol. The number of carboxylic acid groups (broad SMARTS) is 1. The molecule has 2 amide bonds. The standard InChI is InChI=1S/C33H31ClF2N4O6/c1-45-19-10-13-39(14-11-19)27-7-3-4-21-20(27)12-15-40(30(21)31(41)37-25-9-8-18(33(43)44)16-24(25)35)32(42)28-17-26(38-46-28)22-5-2-6-23(34)29(22)36/h2-9,16,19,28,30H,10-15,17H2,1H3,(H,37,41)(H,43,44)/t28?,30-/m0/s1. The number of amides is 2. The molecule has 3 aliphatic heterocycles. The highest BCUT2D eigenvalue weighted by atomic mass is 35.5. The number of fused-ring (bicyclic) bond motifs is 1. The number of hydrogen-bond acceptors (Lipinski definition) is 7. The number of hydrogen-bond donors (Lipinski definition) is 2. The van der Waals surface area contributed by atoms with Gasteiger partial charge in [0.05, 0.1) is 28.1 Å². The van der Waals surface area contributed by atoms with Crippen LogP contribution in [0.2, 0.25) is 5.02 Å². The molecular weight excluding hydrogens is 622 g/mol. The minimum Gasteiger partial charge on any atom is -0.478 e. The quantitative estimate of drug-likeness (QED) is 0.361. The molecule has 10 nitrogen and oxygen atoms in total. The number of methoxy groups -OCH3 is 1. The fraction of sp³-hybridized carbons (Fsp3) is 0.333. The summed E-state index contributed by atoms with van der Waals surface area (Å²) >= 11 is 5.94. The molecule has 0 saturated carbocycles. The Morgan fingerprint density at radius 3 is 2.54 bits per heavy atom. The number of carbonyl (C=O) groups is 3. The number of aromatic carboxylic acids is 1. The highest BCUT2D eigenvalue weighted by Crippen LogP contribution is 2.39. The number of benzene rings is 3. The van der Waals surface area contributed by atoms with Crippen LogP contribution in [0.3, 0.4) is 0 Å². The van der Waals surface area contributed by atoms with E-state index in [1.165, 1.54) is 29.2 Å². The van der Waals surface area contributed by atoms with Gasteiger partial charge in [-0.3, -0.25) is 9.59 Å². The minimum atomic E-state index is -1.31. The molecule has 0 radical (unpaired) electrons. The fourth-order valence-corrected chi connectivity index (χ4v) is 6.50. The lowest BCUT2D eigenvalue weighted by molar-refractivity contribution is -0.148. The highest BCUT2D eigenvalue weighted by Gasteiger charge is 2.42. The maximum atomic E-state index is 14.9. The zero-order valence-electron chi connectivity index (χ0n) is 24.8. The van der Waals surface area contributed by atoms with Gasteiger partial charge in [-0.2, -0.15) is 0 Å². The van der Waals surface area contributed by atoms with Crippen molar-refractivity contribution < 1.29 is 37.8 Å². The van der Waals surface area contributed by atoms with Gasteiger partial charge in [-0.05, 0) is 66.8 Å². The summed E-state index contributed by atoms with van der Waals surface area (Å²) in [6.07, 6.45) is 1.12. The molecule has 0 aliphatic carbocycles. The molecule has 3 heterocycles. The Hall–Kier alpha value is -4.55. The van der Waals surface area contributed by atoms with Gasteiger partial charge >= 0.3 is 5.97 Å². The second-order valence-electron chi connectivity index (χ2n) is 11.4. The first kappa shape index (κ1) is 31.4. The summed E-state index contributed by atoms with van der Waals surface area (Å²) in [5.74, 6) is -4.15. The van der Waals surface area contributed by atoms with Crippen molar-refractivity contribution in [3.05, 3.63) is 93.5 Å². The summed E-state index contributed by atoms with van der Waals surface area (Å²) in [7, 11) is 1.70. The van der Waals surface area contributed by atoms with Crippen LogP contribution in [0.4, 0.5) is 20.2 Å². The van der Waals surface area contributed by atoms with Crippen molar-refractivity contribution in [3.8, 4) is 0 Å². The number of carboxylic acids is 1. The number of ether oxygens (including phenoxy) is 1. The molecule has 3 aromatic carbocycles. The normalized spacial score (nSPS) is 19.7. The molecule has 0 aromatic heterocycles. The Bertz CT molecular complexity index is 1730. The smallest absolute Gasteiger partial charge is 0.335 e. The SMILES string of the molecule is COC1CCN(c2cccc3c2CCN(C(=O)C2CC(c4cccc(Cl)c4F)=NO2)[C@@H]3C(=O)Nc2ccc(C(=O)O)cc2F)CC1. The predicted octanol–water partition coefficient (Wildman–Crippen LogP) is 5.19. The molecule has 2 atom stereocenters. The summed E-state index contributed by atoms with van der Waals surface area (Å²) in [6, 6.07) is 12.0. The van der Waals surface area contributed by atoms with E-state index in [1.807, 2.05) is 12.1 Å². The van der Waals surface area contributed by atoms with Crippen LogP contribution < -0.4 is 10.2 Å². The van der Waals surface area contributed by atoms with E-state index in [0.29, 0.717) is 12.0 Å². The van der Waals surface area contributed by atoms with Gasteiger partial charge in [-0.1, -0.05) is 35.0 Å². The van der Waals surface area contributed by atoms with Gasteiger partial charge in [0.25, 0.3) is 11.8 Å². The molecule has 3 aliphatic rings. The second kappa shape index (κ2) is 13.1. The first-order valence-electron chi connectivity index (χ1n) is 14.9. The maximum Gasteiger partial charge on any atom is 0.335 e. The lowest BCUT2D eigenvalue weighted by Gasteiger charge is -2.40. The Labute approximate surface area is 268 Å². The molecule has 1 fully saturated rings. The third-order valence-electron chi connectivity index (χ3n) is 8.72. The molecule has 13 heteroatoms. The third kappa shape index (κ3) is 6.02. The van der Waals surface area contributed by atoms with Gasteiger partial charge in [0.1, 0.15) is 11.9 Å². The van der Waals surface area contributed by atoms with E-state index in [9.17, 15) is 28.3 Å². The fourth-order valence-electron chi connectivity index (χ4n) is 6.33. The highest BCUT2D eigenvalue weighted by molar-refractivity contribution is 6.31. The van der Waals surface area contributed by atoms with Crippen molar-refractivity contribution in [2.24, 2.45) is 5.16 Å². The topological polar surface area (TPSA) is 121 Å². The van der Waals surface area contributed by atoms with Crippen molar-refractivity contribution in [1.82, 2.24) is 4.90 Å². The van der Waals surface area contributed by atoms with Crippen molar-refractivity contribution in [2.45, 2.75) is 43.9 Å². The second-order valence-corrected chi connectivity index (χ2v) is 11.8. The van der Waals surface area contributed by atoms with Crippen LogP contribution in [0.5, 0.6) is 0 Å². The van der Waals surface area contributed by atoms with E-state index in [-0.39, 0.29) is 46.6 Å². The lowest BCUT2D eigenvalue weighted by atomic mass is 9.89. The lowest BCUT2D eigenvalue weighted by Crippen LogP contribution is -2.49. The van der Waals surface area contributed by atoms with Crippen LogP contribution in [0.15, 0.2) is 59.8 Å². The van der Waals surface area contributed by atoms with Crippen LogP contribution in [0, 0.1) is 11.6 Å². The van der Waals surface area contributed by atoms with E-state index >= 15 is 0 Å². The van der Waals surface area contributed by atoms with Crippen molar-refractivity contribution in [3.63, 3.8) is 0 Å². The molecule has 0 spiro atoms. The monoisotopic (exact) mass is 652 g/mol. The zero-order chi connectivity index (χ0) is 32.5. The zero-order valence-corrected chi connectivity index (χ0v) is 25.6. The van der Waals surface area contributed by atoms with E-state index in [1.54, 1.807) is 19.2 Å². The van der Waals surface area contributed by atoms with E-state index in [2.05, 4.69) is 15.4 Å². The Morgan fingerprint density at radius 1 is 1.07 bits per heavy atom.